The summed E-state index contributed by atoms with van der Waals surface area (Å²) < 4.78 is 0. The predicted molar refractivity (Wildman–Crippen MR) is 95.3 cm³/mol. The Labute approximate surface area is 142 Å². The molecular formula is C20H23NO3. The fourth-order valence-corrected chi connectivity index (χ4v) is 2.82. The maximum Gasteiger partial charge on any atom is 0.303 e. The first kappa shape index (κ1) is 17.9. The van der Waals surface area contributed by atoms with E-state index in [1.165, 1.54) is 16.7 Å². The molecule has 2 rings (SSSR count). The maximum absolute atomic E-state index is 10.8. The van der Waals surface area contributed by atoms with Crippen LogP contribution in [0, 0.1) is 11.3 Å². The van der Waals surface area contributed by atoms with Crippen LogP contribution in [-0.2, 0) is 11.2 Å². The summed E-state index contributed by atoms with van der Waals surface area (Å²) in [5, 5.41) is 25.7. The lowest BCUT2D eigenvalue weighted by molar-refractivity contribution is -0.138. The van der Waals surface area contributed by atoms with E-state index in [4.69, 9.17) is 10.5 Å². The molecule has 2 aromatic carbocycles. The second-order valence-electron chi connectivity index (χ2n) is 5.97. The van der Waals surface area contributed by atoms with Crippen LogP contribution in [0.5, 0.6) is 0 Å². The number of rotatable bonds is 9. The number of carbonyl (C=O) groups is 1. The van der Waals surface area contributed by atoms with Crippen molar-refractivity contribution >= 4 is 12.2 Å². The van der Waals surface area contributed by atoms with Gasteiger partial charge in [0.05, 0.1) is 12.5 Å². The van der Waals surface area contributed by atoms with Gasteiger partial charge in [-0.05, 0) is 36.0 Å². The molecule has 0 amide bonds. The molecule has 0 fully saturated rings. The van der Waals surface area contributed by atoms with Gasteiger partial charge in [-0.1, -0.05) is 54.6 Å². The normalized spacial score (nSPS) is 13.2. The van der Waals surface area contributed by atoms with E-state index in [0.29, 0.717) is 6.42 Å². The highest BCUT2D eigenvalue weighted by molar-refractivity contribution is 5.69. The lowest BCUT2D eigenvalue weighted by Gasteiger charge is -2.17. The average molecular weight is 325 g/mol. The summed E-state index contributed by atoms with van der Waals surface area (Å²) in [6.45, 7) is 0. The molecule has 126 valence electrons. The van der Waals surface area contributed by atoms with Gasteiger partial charge in [0.1, 0.15) is 0 Å². The Morgan fingerprint density at radius 1 is 1.04 bits per heavy atom. The fourth-order valence-electron chi connectivity index (χ4n) is 2.82. The number of nitrogens with one attached hydrogen (secondary N) is 1. The first-order valence-corrected chi connectivity index (χ1v) is 8.15. The van der Waals surface area contributed by atoms with E-state index in [2.05, 4.69) is 36.4 Å². The van der Waals surface area contributed by atoms with Crippen molar-refractivity contribution in [1.82, 2.24) is 0 Å². The van der Waals surface area contributed by atoms with E-state index in [9.17, 15) is 9.90 Å². The molecule has 2 aromatic rings. The molecule has 4 heteroatoms. The Balaban J connectivity index is 1.89. The molecule has 0 bridgehead atoms. The molecule has 0 saturated carbocycles. The van der Waals surface area contributed by atoms with Crippen LogP contribution in [0.2, 0.25) is 0 Å². The molecular weight excluding hydrogens is 302 g/mol. The number of carboxylic acid groups (broad SMARTS) is 1. The largest absolute Gasteiger partial charge is 0.481 e. The van der Waals surface area contributed by atoms with E-state index in [1.807, 2.05) is 18.2 Å². The predicted octanol–water partition coefficient (Wildman–Crippen LogP) is 3.78. The number of aryl methyl sites for hydroxylation is 1. The summed E-state index contributed by atoms with van der Waals surface area (Å²) in [6, 6.07) is 18.5. The maximum atomic E-state index is 10.8. The van der Waals surface area contributed by atoms with Crippen LogP contribution in [-0.4, -0.2) is 28.5 Å². The van der Waals surface area contributed by atoms with E-state index in [-0.39, 0.29) is 6.42 Å². The summed E-state index contributed by atoms with van der Waals surface area (Å²) in [7, 11) is 0. The summed E-state index contributed by atoms with van der Waals surface area (Å²) in [6.07, 6.45) is 2.03. The van der Waals surface area contributed by atoms with Gasteiger partial charge in [0.25, 0.3) is 0 Å². The van der Waals surface area contributed by atoms with Gasteiger partial charge in [-0.3, -0.25) is 4.79 Å². The number of benzene rings is 2. The van der Waals surface area contributed by atoms with Gasteiger partial charge in [0.2, 0.25) is 0 Å². The number of hydrogen-bond donors (Lipinski definition) is 3. The molecule has 2 atom stereocenters. The van der Waals surface area contributed by atoms with Crippen LogP contribution < -0.4 is 0 Å². The third kappa shape index (κ3) is 5.32. The highest BCUT2D eigenvalue weighted by Crippen LogP contribution is 2.21. The number of hydrogen-bond acceptors (Lipinski definition) is 3. The summed E-state index contributed by atoms with van der Waals surface area (Å²) in [5.41, 5.74) is 3.54. The molecule has 0 aliphatic heterocycles. The Morgan fingerprint density at radius 3 is 2.25 bits per heavy atom. The Hall–Kier alpha value is -2.46. The minimum Gasteiger partial charge on any atom is -0.481 e. The lowest BCUT2D eigenvalue weighted by Crippen LogP contribution is -2.24. The molecule has 3 N–H and O–H groups in total. The smallest absolute Gasteiger partial charge is 0.303 e. The number of carboxylic acids is 1. The lowest BCUT2D eigenvalue weighted by atomic mass is 9.92. The third-order valence-corrected chi connectivity index (χ3v) is 4.19. The van der Waals surface area contributed by atoms with Crippen molar-refractivity contribution in [2.24, 2.45) is 5.92 Å². The average Bonchev–Trinajstić information content (AvgIpc) is 2.61. The quantitative estimate of drug-likeness (QED) is 0.614. The van der Waals surface area contributed by atoms with Gasteiger partial charge < -0.3 is 15.6 Å². The molecule has 0 radical (unpaired) electrons. The van der Waals surface area contributed by atoms with Crippen molar-refractivity contribution in [3.05, 3.63) is 60.2 Å². The second kappa shape index (κ2) is 8.99. The molecule has 0 spiro atoms. The zero-order valence-corrected chi connectivity index (χ0v) is 13.6. The summed E-state index contributed by atoms with van der Waals surface area (Å²) in [5.74, 6) is -1.34. The molecule has 0 aliphatic rings. The van der Waals surface area contributed by atoms with Gasteiger partial charge in [0, 0.05) is 12.1 Å². The minimum absolute atomic E-state index is 0.108. The van der Waals surface area contributed by atoms with E-state index < -0.39 is 18.0 Å². The molecule has 0 aromatic heterocycles. The van der Waals surface area contributed by atoms with Crippen molar-refractivity contribution in [1.29, 1.82) is 5.41 Å². The third-order valence-electron chi connectivity index (χ3n) is 4.19. The number of aliphatic hydroxyl groups excluding tert-OH is 1. The Morgan fingerprint density at radius 2 is 1.67 bits per heavy atom. The van der Waals surface area contributed by atoms with Crippen LogP contribution in [0.1, 0.15) is 24.8 Å². The van der Waals surface area contributed by atoms with Crippen LogP contribution in [0.4, 0.5) is 0 Å². The highest BCUT2D eigenvalue weighted by Gasteiger charge is 2.20. The molecule has 2 unspecified atom stereocenters. The van der Waals surface area contributed by atoms with Gasteiger partial charge in [-0.15, -0.1) is 0 Å². The topological polar surface area (TPSA) is 81.4 Å². The van der Waals surface area contributed by atoms with E-state index in [1.54, 1.807) is 0 Å². The standard InChI is InChI=1S/C20H23NO3/c21-14-19(22)18(13-20(23)24)8-4-5-15-9-11-17(12-10-15)16-6-2-1-3-7-16/h1-3,6-7,9-12,14,18-19,21-22H,4-5,8,13H2,(H,23,24). The van der Waals surface area contributed by atoms with Crippen molar-refractivity contribution in [3.63, 3.8) is 0 Å². The molecule has 0 saturated heterocycles. The van der Waals surface area contributed by atoms with Crippen LogP contribution in [0.15, 0.2) is 54.6 Å². The van der Waals surface area contributed by atoms with Gasteiger partial charge >= 0.3 is 5.97 Å². The van der Waals surface area contributed by atoms with Crippen LogP contribution >= 0.6 is 0 Å². The van der Waals surface area contributed by atoms with E-state index >= 15 is 0 Å². The van der Waals surface area contributed by atoms with Crippen molar-refractivity contribution in [3.8, 4) is 11.1 Å². The molecule has 0 heterocycles. The number of aliphatic hydroxyl groups is 1. The first-order valence-electron chi connectivity index (χ1n) is 8.15. The zero-order chi connectivity index (χ0) is 17.4. The second-order valence-corrected chi connectivity index (χ2v) is 5.97. The van der Waals surface area contributed by atoms with Crippen molar-refractivity contribution in [2.45, 2.75) is 31.8 Å². The monoisotopic (exact) mass is 325 g/mol. The fraction of sp³-hybridized carbons (Fsp3) is 0.300. The van der Waals surface area contributed by atoms with E-state index in [0.717, 1.165) is 19.1 Å². The summed E-state index contributed by atoms with van der Waals surface area (Å²) in [4.78, 5) is 10.8. The first-order chi connectivity index (χ1) is 11.6. The van der Waals surface area contributed by atoms with Crippen molar-refractivity contribution in [2.75, 3.05) is 0 Å². The van der Waals surface area contributed by atoms with Crippen LogP contribution in [0.3, 0.4) is 0 Å². The van der Waals surface area contributed by atoms with Crippen molar-refractivity contribution < 1.29 is 15.0 Å². The van der Waals surface area contributed by atoms with Gasteiger partial charge in [-0.25, -0.2) is 0 Å². The zero-order valence-electron chi connectivity index (χ0n) is 13.6. The van der Waals surface area contributed by atoms with Gasteiger partial charge in [-0.2, -0.15) is 0 Å². The number of aliphatic carboxylic acids is 1. The van der Waals surface area contributed by atoms with Crippen LogP contribution in [0.25, 0.3) is 11.1 Å². The molecule has 0 aliphatic carbocycles. The SMILES string of the molecule is N=CC(O)C(CCCc1ccc(-c2ccccc2)cc1)CC(=O)O. The Bertz CT molecular complexity index is 652. The molecule has 24 heavy (non-hydrogen) atoms. The Kier molecular flexibility index (Phi) is 6.70. The van der Waals surface area contributed by atoms with Gasteiger partial charge in [0.15, 0.2) is 0 Å². The molecule has 4 nitrogen and oxygen atoms in total. The highest BCUT2D eigenvalue weighted by atomic mass is 16.4. The minimum atomic E-state index is -0.985. The summed E-state index contributed by atoms with van der Waals surface area (Å²) >= 11 is 0.